The van der Waals surface area contributed by atoms with Crippen molar-refractivity contribution in [2.45, 2.75) is 38.1 Å². The Labute approximate surface area is 176 Å². The van der Waals surface area contributed by atoms with E-state index >= 15 is 0 Å². The molecule has 2 heterocycles. The van der Waals surface area contributed by atoms with E-state index in [4.69, 9.17) is 4.99 Å². The lowest BCUT2D eigenvalue weighted by Gasteiger charge is -2.30. The lowest BCUT2D eigenvalue weighted by Crippen LogP contribution is -2.40. The minimum absolute atomic E-state index is 0.0632. The molecule has 1 aromatic heterocycles. The first-order valence-electron chi connectivity index (χ1n) is 10.1. The molecule has 2 aromatic rings. The summed E-state index contributed by atoms with van der Waals surface area (Å²) in [6, 6.07) is 14.1. The summed E-state index contributed by atoms with van der Waals surface area (Å²) < 4.78 is 0. The van der Waals surface area contributed by atoms with E-state index in [1.54, 1.807) is 6.20 Å². The van der Waals surface area contributed by atoms with Gasteiger partial charge in [0.1, 0.15) is 0 Å². The van der Waals surface area contributed by atoms with Crippen molar-refractivity contribution < 1.29 is 4.79 Å². The van der Waals surface area contributed by atoms with Gasteiger partial charge in [0.25, 0.3) is 5.91 Å². The second kappa shape index (κ2) is 8.82. The van der Waals surface area contributed by atoms with Crippen LogP contribution in [0.4, 0.5) is 11.5 Å². The molecule has 0 atom stereocenters. The number of rotatable bonds is 4. The number of carbonyl (C=O) groups excluding carboxylic acids is 1. The molecule has 1 aliphatic carbocycles. The van der Waals surface area contributed by atoms with Gasteiger partial charge in [0.05, 0.1) is 4.91 Å². The van der Waals surface area contributed by atoms with Crippen LogP contribution in [0, 0.1) is 0 Å². The lowest BCUT2D eigenvalue weighted by molar-refractivity contribution is -0.124. The predicted molar refractivity (Wildman–Crippen MR) is 121 cm³/mol. The minimum Gasteiger partial charge on any atom is -0.378 e. The number of pyridine rings is 1. The Bertz CT molecular complexity index is 916. The molecule has 1 amide bonds. The number of amidine groups is 1. The van der Waals surface area contributed by atoms with E-state index in [0.29, 0.717) is 5.82 Å². The number of nitrogens with zero attached hydrogens (tertiary/aromatic N) is 4. The molecular weight excluding hydrogens is 380 g/mol. The van der Waals surface area contributed by atoms with E-state index in [1.165, 1.54) is 31.0 Å². The minimum atomic E-state index is 0.0632. The van der Waals surface area contributed by atoms with Gasteiger partial charge >= 0.3 is 0 Å². The number of hydrogen-bond donors (Lipinski definition) is 0. The van der Waals surface area contributed by atoms with E-state index in [1.807, 2.05) is 43.3 Å². The first-order chi connectivity index (χ1) is 14.1. The maximum absolute atomic E-state index is 13.3. The fraction of sp³-hybridized carbons (Fsp3) is 0.348. The molecule has 0 unspecified atom stereocenters. The third kappa shape index (κ3) is 4.53. The third-order valence-corrected chi connectivity index (χ3v) is 6.33. The van der Waals surface area contributed by atoms with Crippen molar-refractivity contribution in [2.24, 2.45) is 4.99 Å². The van der Waals surface area contributed by atoms with Crippen LogP contribution >= 0.6 is 11.8 Å². The van der Waals surface area contributed by atoms with E-state index < -0.39 is 0 Å². The van der Waals surface area contributed by atoms with Crippen LogP contribution in [-0.4, -0.2) is 41.1 Å². The predicted octanol–water partition coefficient (Wildman–Crippen LogP) is 5.08. The summed E-state index contributed by atoms with van der Waals surface area (Å²) >= 11 is 1.46. The molecule has 1 aliphatic heterocycles. The zero-order valence-corrected chi connectivity index (χ0v) is 17.7. The topological polar surface area (TPSA) is 48.8 Å². The maximum atomic E-state index is 13.3. The number of hydrogen-bond acceptors (Lipinski definition) is 5. The number of aromatic nitrogens is 1. The van der Waals surface area contributed by atoms with E-state index in [2.05, 4.69) is 34.1 Å². The molecule has 0 spiro atoms. The van der Waals surface area contributed by atoms with Crippen molar-refractivity contribution in [1.82, 2.24) is 9.88 Å². The highest BCUT2D eigenvalue weighted by molar-refractivity contribution is 8.18. The fourth-order valence-corrected chi connectivity index (χ4v) is 4.81. The quantitative estimate of drug-likeness (QED) is 0.664. The number of amides is 1. The lowest BCUT2D eigenvalue weighted by atomic mass is 9.94. The molecule has 0 radical (unpaired) electrons. The van der Waals surface area contributed by atoms with Crippen molar-refractivity contribution in [1.29, 1.82) is 0 Å². The molecule has 5 nitrogen and oxygen atoms in total. The Hall–Kier alpha value is -2.60. The zero-order chi connectivity index (χ0) is 20.2. The molecule has 0 bridgehead atoms. The monoisotopic (exact) mass is 406 g/mol. The van der Waals surface area contributed by atoms with Crippen molar-refractivity contribution >= 4 is 40.4 Å². The molecule has 1 saturated heterocycles. The summed E-state index contributed by atoms with van der Waals surface area (Å²) in [5, 5.41) is 0.747. The Balaban J connectivity index is 1.65. The van der Waals surface area contributed by atoms with E-state index in [-0.39, 0.29) is 11.9 Å². The van der Waals surface area contributed by atoms with Crippen LogP contribution in [0.15, 0.2) is 58.6 Å². The van der Waals surface area contributed by atoms with Crippen LogP contribution in [-0.2, 0) is 4.79 Å². The number of aliphatic imine (C=N–C) groups is 1. The van der Waals surface area contributed by atoms with Crippen LogP contribution < -0.4 is 4.90 Å². The second-order valence-corrected chi connectivity index (χ2v) is 8.66. The largest absolute Gasteiger partial charge is 0.378 e. The molecule has 6 heteroatoms. The fourth-order valence-electron chi connectivity index (χ4n) is 3.76. The Morgan fingerprint density at radius 2 is 1.86 bits per heavy atom. The van der Waals surface area contributed by atoms with Gasteiger partial charge in [-0.3, -0.25) is 9.69 Å². The summed E-state index contributed by atoms with van der Waals surface area (Å²) in [5.41, 5.74) is 2.16. The van der Waals surface area contributed by atoms with Gasteiger partial charge in [0, 0.05) is 32.0 Å². The van der Waals surface area contributed by atoms with Crippen LogP contribution in [0.5, 0.6) is 0 Å². The summed E-state index contributed by atoms with van der Waals surface area (Å²) in [6.07, 6.45) is 9.37. The normalized spacial score (nSPS) is 20.6. The highest BCUT2D eigenvalue weighted by Gasteiger charge is 2.38. The number of benzene rings is 1. The molecule has 150 valence electrons. The SMILES string of the molecule is CN(C)c1ccc(/C=C2\S/C(=N/c3ccccn3)N(C3CCCCC3)C2=O)cc1. The van der Waals surface area contributed by atoms with E-state index in [9.17, 15) is 4.79 Å². The Morgan fingerprint density at radius 3 is 2.52 bits per heavy atom. The van der Waals surface area contributed by atoms with Crippen molar-refractivity contribution in [3.05, 3.63) is 59.1 Å². The first kappa shape index (κ1) is 19.7. The average Bonchev–Trinajstić information content (AvgIpc) is 3.04. The molecular formula is C23H26N4OS. The zero-order valence-electron chi connectivity index (χ0n) is 16.9. The van der Waals surface area contributed by atoms with Gasteiger partial charge in [-0.2, -0.15) is 0 Å². The highest BCUT2D eigenvalue weighted by Crippen LogP contribution is 2.38. The smallest absolute Gasteiger partial charge is 0.267 e. The molecule has 2 fully saturated rings. The first-order valence-corrected chi connectivity index (χ1v) is 10.9. The third-order valence-electron chi connectivity index (χ3n) is 5.34. The van der Waals surface area contributed by atoms with Gasteiger partial charge in [0.2, 0.25) is 0 Å². The summed E-state index contributed by atoms with van der Waals surface area (Å²) in [6.45, 7) is 0. The van der Waals surface area contributed by atoms with Gasteiger partial charge in [-0.25, -0.2) is 9.98 Å². The average molecular weight is 407 g/mol. The number of anilines is 1. The van der Waals surface area contributed by atoms with Gasteiger partial charge < -0.3 is 4.90 Å². The summed E-state index contributed by atoms with van der Waals surface area (Å²) in [7, 11) is 4.04. The molecule has 1 saturated carbocycles. The van der Waals surface area contributed by atoms with Crippen LogP contribution in [0.2, 0.25) is 0 Å². The van der Waals surface area contributed by atoms with Gasteiger partial charge in [0.15, 0.2) is 11.0 Å². The van der Waals surface area contributed by atoms with E-state index in [0.717, 1.165) is 34.2 Å². The second-order valence-electron chi connectivity index (χ2n) is 7.65. The number of thioether (sulfide) groups is 1. The Kier molecular flexibility index (Phi) is 6.00. The number of carbonyl (C=O) groups is 1. The van der Waals surface area contributed by atoms with Crippen molar-refractivity contribution in [3.8, 4) is 0 Å². The van der Waals surface area contributed by atoms with Crippen LogP contribution in [0.3, 0.4) is 0 Å². The van der Waals surface area contributed by atoms with Gasteiger partial charge in [-0.05, 0) is 60.5 Å². The molecule has 2 aliphatic rings. The van der Waals surface area contributed by atoms with Gasteiger partial charge in [-0.1, -0.05) is 37.5 Å². The standard InChI is InChI=1S/C23H26N4OS/c1-26(2)18-13-11-17(12-14-18)16-20-22(28)27(19-8-4-3-5-9-19)23(29-20)25-21-10-6-7-15-24-21/h6-7,10-16,19H,3-5,8-9H2,1-2H3/b20-16-,25-23+. The molecule has 29 heavy (non-hydrogen) atoms. The maximum Gasteiger partial charge on any atom is 0.267 e. The highest BCUT2D eigenvalue weighted by atomic mass is 32.2. The molecule has 0 N–H and O–H groups in total. The summed E-state index contributed by atoms with van der Waals surface area (Å²) in [4.78, 5) is 27.1. The van der Waals surface area contributed by atoms with Crippen molar-refractivity contribution in [2.75, 3.05) is 19.0 Å². The Morgan fingerprint density at radius 1 is 1.10 bits per heavy atom. The van der Waals surface area contributed by atoms with Crippen LogP contribution in [0.25, 0.3) is 6.08 Å². The van der Waals surface area contributed by atoms with Crippen LogP contribution in [0.1, 0.15) is 37.7 Å². The molecule has 4 rings (SSSR count). The van der Waals surface area contributed by atoms with Gasteiger partial charge in [-0.15, -0.1) is 0 Å². The molecule has 1 aromatic carbocycles. The summed E-state index contributed by atoms with van der Waals surface area (Å²) in [5.74, 6) is 0.702. The van der Waals surface area contributed by atoms with Crippen molar-refractivity contribution in [3.63, 3.8) is 0 Å².